The van der Waals surface area contributed by atoms with Gasteiger partial charge in [-0.25, -0.2) is 0 Å². The summed E-state index contributed by atoms with van der Waals surface area (Å²) in [6.45, 7) is 1.46. The van der Waals surface area contributed by atoms with E-state index in [0.29, 0.717) is 15.8 Å². The van der Waals surface area contributed by atoms with E-state index in [2.05, 4.69) is 10.2 Å². The lowest BCUT2D eigenvalue weighted by molar-refractivity contribution is -0.128. The highest BCUT2D eigenvalue weighted by atomic mass is 32.2. The Hall–Kier alpha value is -1.70. The molecule has 0 spiro atoms. The lowest BCUT2D eigenvalue weighted by Gasteiger charge is -2.14. The van der Waals surface area contributed by atoms with Crippen LogP contribution in [0.25, 0.3) is 6.08 Å². The smallest absolute Gasteiger partial charge is 0.266 e. The van der Waals surface area contributed by atoms with Crippen molar-refractivity contribution in [3.05, 3.63) is 40.8 Å². The standard InChI is InChI=1S/C17H21N3O2S2/c1-19(2)10-6-9-18-15(21)12-20-16(22)14(24-17(20)23)11-13-7-4-3-5-8-13/h3-5,7-8,11H,6,9-10,12H2,1-2H3,(H,18,21)/b14-11+. The summed E-state index contributed by atoms with van der Waals surface area (Å²) in [5, 5.41) is 2.82. The maximum atomic E-state index is 12.4. The van der Waals surface area contributed by atoms with Gasteiger partial charge in [0, 0.05) is 6.54 Å². The molecule has 1 aromatic rings. The summed E-state index contributed by atoms with van der Waals surface area (Å²) in [6, 6.07) is 9.58. The quantitative estimate of drug-likeness (QED) is 0.456. The molecule has 0 bridgehead atoms. The summed E-state index contributed by atoms with van der Waals surface area (Å²) in [6.07, 6.45) is 2.67. The molecule has 0 radical (unpaired) electrons. The molecule has 1 fully saturated rings. The lowest BCUT2D eigenvalue weighted by Crippen LogP contribution is -2.40. The second-order valence-electron chi connectivity index (χ2n) is 5.69. The van der Waals surface area contributed by atoms with Gasteiger partial charge < -0.3 is 10.2 Å². The molecule has 24 heavy (non-hydrogen) atoms. The highest BCUT2D eigenvalue weighted by Gasteiger charge is 2.33. The SMILES string of the molecule is CN(C)CCCNC(=O)CN1C(=O)/C(=C\c2ccccc2)SC1=S. The van der Waals surface area contributed by atoms with E-state index in [4.69, 9.17) is 12.2 Å². The first-order valence-electron chi connectivity index (χ1n) is 7.69. The Morgan fingerprint density at radius 1 is 1.33 bits per heavy atom. The highest BCUT2D eigenvalue weighted by molar-refractivity contribution is 8.26. The van der Waals surface area contributed by atoms with Crippen molar-refractivity contribution in [2.45, 2.75) is 6.42 Å². The van der Waals surface area contributed by atoms with Gasteiger partial charge in [-0.1, -0.05) is 54.3 Å². The molecule has 1 N–H and O–H groups in total. The molecule has 1 aliphatic rings. The van der Waals surface area contributed by atoms with Crippen molar-refractivity contribution in [3.8, 4) is 0 Å². The Labute approximate surface area is 152 Å². The van der Waals surface area contributed by atoms with Crippen molar-refractivity contribution in [3.63, 3.8) is 0 Å². The summed E-state index contributed by atoms with van der Waals surface area (Å²) in [5.41, 5.74) is 0.936. The molecule has 1 aromatic carbocycles. The summed E-state index contributed by atoms with van der Waals surface area (Å²) in [7, 11) is 3.97. The van der Waals surface area contributed by atoms with Crippen LogP contribution in [0.3, 0.4) is 0 Å². The van der Waals surface area contributed by atoms with Crippen molar-refractivity contribution in [1.82, 2.24) is 15.1 Å². The van der Waals surface area contributed by atoms with Gasteiger partial charge in [0.15, 0.2) is 0 Å². The van der Waals surface area contributed by atoms with Gasteiger partial charge in [-0.15, -0.1) is 0 Å². The third kappa shape index (κ3) is 5.43. The fraction of sp³-hybridized carbons (Fsp3) is 0.353. The first-order valence-corrected chi connectivity index (χ1v) is 8.91. The van der Waals surface area contributed by atoms with Crippen molar-refractivity contribution in [2.75, 3.05) is 33.7 Å². The van der Waals surface area contributed by atoms with Crippen molar-refractivity contribution < 1.29 is 9.59 Å². The number of thiocarbonyl (C=S) groups is 1. The molecule has 2 amide bonds. The molecular formula is C17H21N3O2S2. The fourth-order valence-corrected chi connectivity index (χ4v) is 3.41. The van der Waals surface area contributed by atoms with Gasteiger partial charge in [0.2, 0.25) is 5.91 Å². The van der Waals surface area contributed by atoms with Gasteiger partial charge in [-0.3, -0.25) is 14.5 Å². The van der Waals surface area contributed by atoms with Crippen LogP contribution in [0.15, 0.2) is 35.2 Å². The molecule has 2 rings (SSSR count). The average molecular weight is 364 g/mol. The number of carbonyl (C=O) groups excluding carboxylic acids is 2. The molecular weight excluding hydrogens is 342 g/mol. The van der Waals surface area contributed by atoms with E-state index < -0.39 is 0 Å². The number of amides is 2. The van der Waals surface area contributed by atoms with E-state index >= 15 is 0 Å². The molecule has 1 aliphatic heterocycles. The van der Waals surface area contributed by atoms with Crippen LogP contribution in [0, 0.1) is 0 Å². The molecule has 0 unspecified atom stereocenters. The summed E-state index contributed by atoms with van der Waals surface area (Å²) >= 11 is 6.47. The minimum Gasteiger partial charge on any atom is -0.354 e. The topological polar surface area (TPSA) is 52.7 Å². The number of nitrogens with zero attached hydrogens (tertiary/aromatic N) is 2. The maximum absolute atomic E-state index is 12.4. The van der Waals surface area contributed by atoms with Crippen LogP contribution < -0.4 is 5.32 Å². The predicted molar refractivity (Wildman–Crippen MR) is 103 cm³/mol. The third-order valence-electron chi connectivity index (χ3n) is 3.38. The Morgan fingerprint density at radius 3 is 2.71 bits per heavy atom. The van der Waals surface area contributed by atoms with Crippen molar-refractivity contribution in [1.29, 1.82) is 0 Å². The van der Waals surface area contributed by atoms with E-state index in [9.17, 15) is 9.59 Å². The monoisotopic (exact) mass is 363 g/mol. The largest absolute Gasteiger partial charge is 0.354 e. The van der Waals surface area contributed by atoms with Gasteiger partial charge in [0.05, 0.1) is 4.91 Å². The zero-order valence-electron chi connectivity index (χ0n) is 13.8. The normalized spacial score (nSPS) is 16.3. The molecule has 128 valence electrons. The Balaban J connectivity index is 1.90. The van der Waals surface area contributed by atoms with Crippen LogP contribution in [0.1, 0.15) is 12.0 Å². The molecule has 5 nitrogen and oxygen atoms in total. The first kappa shape index (κ1) is 18.6. The number of benzene rings is 1. The summed E-state index contributed by atoms with van der Waals surface area (Å²) < 4.78 is 0.422. The first-order chi connectivity index (χ1) is 11.5. The number of rotatable bonds is 7. The van der Waals surface area contributed by atoms with E-state index in [0.717, 1.165) is 18.5 Å². The van der Waals surface area contributed by atoms with Crippen LogP contribution in [0.4, 0.5) is 0 Å². The Kier molecular flexibility index (Phi) is 6.96. The minimum atomic E-state index is -0.211. The van der Waals surface area contributed by atoms with E-state index in [1.807, 2.05) is 44.4 Å². The number of hydrogen-bond donors (Lipinski definition) is 1. The molecule has 1 heterocycles. The van der Waals surface area contributed by atoms with Gasteiger partial charge in [0.25, 0.3) is 5.91 Å². The van der Waals surface area contributed by atoms with Crippen LogP contribution >= 0.6 is 24.0 Å². The maximum Gasteiger partial charge on any atom is 0.266 e. The predicted octanol–water partition coefficient (Wildman–Crippen LogP) is 1.96. The van der Waals surface area contributed by atoms with E-state index in [1.54, 1.807) is 6.08 Å². The molecule has 1 saturated heterocycles. The minimum absolute atomic E-state index is 0.0290. The zero-order valence-corrected chi connectivity index (χ0v) is 15.5. The van der Waals surface area contributed by atoms with Crippen LogP contribution in [0.2, 0.25) is 0 Å². The highest BCUT2D eigenvalue weighted by Crippen LogP contribution is 2.32. The summed E-state index contributed by atoms with van der Waals surface area (Å²) in [5.74, 6) is -0.400. The second-order valence-corrected chi connectivity index (χ2v) is 7.36. The number of hydrogen-bond acceptors (Lipinski definition) is 5. The Morgan fingerprint density at radius 2 is 2.04 bits per heavy atom. The average Bonchev–Trinajstić information content (AvgIpc) is 2.80. The van der Waals surface area contributed by atoms with Crippen molar-refractivity contribution in [2.24, 2.45) is 0 Å². The van der Waals surface area contributed by atoms with E-state index in [-0.39, 0.29) is 18.4 Å². The van der Waals surface area contributed by atoms with Crippen LogP contribution in [0.5, 0.6) is 0 Å². The van der Waals surface area contributed by atoms with Crippen molar-refractivity contribution >= 4 is 46.2 Å². The molecule has 7 heteroatoms. The summed E-state index contributed by atoms with van der Waals surface area (Å²) in [4.78, 5) is 28.4. The van der Waals surface area contributed by atoms with Gasteiger partial charge in [-0.05, 0) is 38.7 Å². The second kappa shape index (κ2) is 8.96. The van der Waals surface area contributed by atoms with Gasteiger partial charge in [-0.2, -0.15) is 0 Å². The van der Waals surface area contributed by atoms with E-state index in [1.165, 1.54) is 16.7 Å². The molecule has 0 atom stereocenters. The lowest BCUT2D eigenvalue weighted by atomic mass is 10.2. The van der Waals surface area contributed by atoms with Gasteiger partial charge >= 0.3 is 0 Å². The third-order valence-corrected chi connectivity index (χ3v) is 4.75. The number of carbonyl (C=O) groups is 2. The zero-order chi connectivity index (χ0) is 17.5. The molecule has 0 aliphatic carbocycles. The number of thioether (sulfide) groups is 1. The Bertz CT molecular complexity index is 644. The van der Waals surface area contributed by atoms with Gasteiger partial charge in [0.1, 0.15) is 10.9 Å². The fourth-order valence-electron chi connectivity index (χ4n) is 2.16. The van der Waals surface area contributed by atoms with Crippen LogP contribution in [-0.2, 0) is 9.59 Å². The molecule has 0 saturated carbocycles. The van der Waals surface area contributed by atoms with Crippen LogP contribution in [-0.4, -0.2) is 59.7 Å². The number of nitrogens with one attached hydrogen (secondary N) is 1. The molecule has 0 aromatic heterocycles.